The molecule has 1 aliphatic carbocycles. The molecule has 152 valence electrons. The molecule has 1 aromatic carbocycles. The summed E-state index contributed by atoms with van der Waals surface area (Å²) in [5, 5.41) is 0. The summed E-state index contributed by atoms with van der Waals surface area (Å²) in [7, 11) is 0. The number of likely N-dealkylation sites (N-methyl/N-ethyl adjacent to an activating group) is 1. The molecule has 2 heterocycles. The van der Waals surface area contributed by atoms with E-state index >= 15 is 0 Å². The van der Waals surface area contributed by atoms with E-state index in [1.807, 2.05) is 20.8 Å². The summed E-state index contributed by atoms with van der Waals surface area (Å²) in [5.41, 5.74) is 0.597. The third-order valence-electron chi connectivity index (χ3n) is 6.34. The molecule has 2 aliphatic heterocycles. The SMILES string of the molecule is CCN1CCN(C(=O)C2CC2C(=O)N2CCN(c3ccccc3F)CC2)CC1. The molecule has 6 nitrogen and oxygen atoms in total. The molecule has 2 amide bonds. The number of para-hydroxylation sites is 1. The van der Waals surface area contributed by atoms with Crippen LogP contribution < -0.4 is 4.90 Å². The van der Waals surface area contributed by atoms with Crippen LogP contribution in [0.1, 0.15) is 13.3 Å². The fourth-order valence-electron chi connectivity index (χ4n) is 4.37. The summed E-state index contributed by atoms with van der Waals surface area (Å²) in [4.78, 5) is 33.6. The Balaban J connectivity index is 1.26. The fraction of sp³-hybridized carbons (Fsp3) is 0.619. The van der Waals surface area contributed by atoms with Crippen LogP contribution in [0.2, 0.25) is 0 Å². The Morgan fingerprint density at radius 2 is 1.43 bits per heavy atom. The third-order valence-corrected chi connectivity index (χ3v) is 6.34. The van der Waals surface area contributed by atoms with Crippen LogP contribution in [-0.4, -0.2) is 85.4 Å². The second kappa shape index (κ2) is 8.07. The molecule has 2 unspecified atom stereocenters. The number of hydrogen-bond donors (Lipinski definition) is 0. The van der Waals surface area contributed by atoms with Crippen molar-refractivity contribution in [3.05, 3.63) is 30.1 Å². The van der Waals surface area contributed by atoms with E-state index in [1.165, 1.54) is 6.07 Å². The van der Waals surface area contributed by atoms with E-state index in [0.29, 0.717) is 38.3 Å². The van der Waals surface area contributed by atoms with Gasteiger partial charge in [-0.2, -0.15) is 0 Å². The maximum absolute atomic E-state index is 14.0. The minimum Gasteiger partial charge on any atom is -0.366 e. The van der Waals surface area contributed by atoms with Gasteiger partial charge in [0.15, 0.2) is 0 Å². The van der Waals surface area contributed by atoms with Crippen LogP contribution in [0.25, 0.3) is 0 Å². The molecule has 7 heteroatoms. The highest BCUT2D eigenvalue weighted by Crippen LogP contribution is 2.41. The predicted octanol–water partition coefficient (Wildman–Crippen LogP) is 1.27. The monoisotopic (exact) mass is 388 g/mol. The number of halogens is 1. The highest BCUT2D eigenvalue weighted by atomic mass is 19.1. The normalized spacial score (nSPS) is 25.7. The van der Waals surface area contributed by atoms with Crippen molar-refractivity contribution >= 4 is 17.5 Å². The number of piperazine rings is 2. The van der Waals surface area contributed by atoms with Crippen LogP contribution in [-0.2, 0) is 9.59 Å². The zero-order valence-electron chi connectivity index (χ0n) is 16.5. The van der Waals surface area contributed by atoms with E-state index in [9.17, 15) is 14.0 Å². The minimum absolute atomic E-state index is 0.0960. The van der Waals surface area contributed by atoms with E-state index in [2.05, 4.69) is 11.8 Å². The lowest BCUT2D eigenvalue weighted by Gasteiger charge is -2.36. The number of amides is 2. The lowest BCUT2D eigenvalue weighted by atomic mass is 10.2. The summed E-state index contributed by atoms with van der Waals surface area (Å²) >= 11 is 0. The lowest BCUT2D eigenvalue weighted by molar-refractivity contribution is -0.139. The van der Waals surface area contributed by atoms with Gasteiger partial charge in [-0.3, -0.25) is 9.59 Å². The summed E-state index contributed by atoms with van der Waals surface area (Å²) in [6, 6.07) is 6.76. The Kier molecular flexibility index (Phi) is 5.53. The van der Waals surface area contributed by atoms with Crippen molar-refractivity contribution in [1.82, 2.24) is 14.7 Å². The molecule has 28 heavy (non-hydrogen) atoms. The number of anilines is 1. The molecule has 0 radical (unpaired) electrons. The predicted molar refractivity (Wildman–Crippen MR) is 105 cm³/mol. The van der Waals surface area contributed by atoms with Gasteiger partial charge in [0.05, 0.1) is 17.5 Å². The number of carbonyl (C=O) groups excluding carboxylic acids is 2. The van der Waals surface area contributed by atoms with Crippen LogP contribution >= 0.6 is 0 Å². The smallest absolute Gasteiger partial charge is 0.226 e. The molecular formula is C21H29FN4O2. The Bertz CT molecular complexity index is 727. The van der Waals surface area contributed by atoms with E-state index in [4.69, 9.17) is 0 Å². The zero-order chi connectivity index (χ0) is 19.7. The molecule has 0 aromatic heterocycles. The van der Waals surface area contributed by atoms with Gasteiger partial charge >= 0.3 is 0 Å². The van der Waals surface area contributed by atoms with Crippen LogP contribution in [0.15, 0.2) is 24.3 Å². The van der Waals surface area contributed by atoms with Gasteiger partial charge in [0, 0.05) is 52.4 Å². The van der Waals surface area contributed by atoms with Crippen LogP contribution in [0.3, 0.4) is 0 Å². The molecule has 0 N–H and O–H groups in total. The number of benzene rings is 1. The van der Waals surface area contributed by atoms with Crippen molar-refractivity contribution < 1.29 is 14.0 Å². The maximum atomic E-state index is 14.0. The first-order chi connectivity index (χ1) is 13.6. The maximum Gasteiger partial charge on any atom is 0.226 e. The first-order valence-electron chi connectivity index (χ1n) is 10.4. The molecular weight excluding hydrogens is 359 g/mol. The Labute approximate surface area is 165 Å². The zero-order valence-corrected chi connectivity index (χ0v) is 16.5. The van der Waals surface area contributed by atoms with Crippen molar-refractivity contribution in [3.8, 4) is 0 Å². The molecule has 0 spiro atoms. The van der Waals surface area contributed by atoms with Gasteiger partial charge in [0.2, 0.25) is 11.8 Å². The van der Waals surface area contributed by atoms with Gasteiger partial charge in [-0.1, -0.05) is 19.1 Å². The Hall–Kier alpha value is -2.15. The van der Waals surface area contributed by atoms with Gasteiger partial charge < -0.3 is 19.6 Å². The second-order valence-electron chi connectivity index (χ2n) is 7.97. The van der Waals surface area contributed by atoms with E-state index in [1.54, 1.807) is 12.1 Å². The molecule has 1 saturated carbocycles. The molecule has 2 atom stereocenters. The number of hydrogen-bond acceptors (Lipinski definition) is 4. The number of rotatable bonds is 4. The molecule has 3 fully saturated rings. The van der Waals surface area contributed by atoms with Crippen LogP contribution in [0.5, 0.6) is 0 Å². The van der Waals surface area contributed by atoms with Gasteiger partial charge in [0.1, 0.15) is 5.82 Å². The number of nitrogens with zero attached hydrogens (tertiary/aromatic N) is 4. The topological polar surface area (TPSA) is 47.1 Å². The Morgan fingerprint density at radius 3 is 1.96 bits per heavy atom. The van der Waals surface area contributed by atoms with E-state index in [-0.39, 0.29) is 29.5 Å². The first kappa shape index (κ1) is 19.2. The highest BCUT2D eigenvalue weighted by molar-refractivity contribution is 5.92. The van der Waals surface area contributed by atoms with Gasteiger partial charge in [-0.15, -0.1) is 0 Å². The average Bonchev–Trinajstić information content (AvgIpc) is 3.54. The van der Waals surface area contributed by atoms with Gasteiger partial charge in [0.25, 0.3) is 0 Å². The molecule has 2 saturated heterocycles. The van der Waals surface area contributed by atoms with Gasteiger partial charge in [-0.25, -0.2) is 4.39 Å². The summed E-state index contributed by atoms with van der Waals surface area (Å²) < 4.78 is 14.0. The molecule has 1 aromatic rings. The Morgan fingerprint density at radius 1 is 0.893 bits per heavy atom. The highest BCUT2D eigenvalue weighted by Gasteiger charge is 2.51. The van der Waals surface area contributed by atoms with Crippen LogP contribution in [0, 0.1) is 17.7 Å². The minimum atomic E-state index is -0.224. The standard InChI is InChI=1S/C21H29FN4O2/c1-2-23-7-9-25(10-8-23)20(27)16-15-17(16)21(28)26-13-11-24(12-14-26)19-6-4-3-5-18(19)22/h3-6,16-17H,2,7-15H2,1H3. The largest absolute Gasteiger partial charge is 0.366 e. The van der Waals surface area contributed by atoms with E-state index < -0.39 is 0 Å². The molecule has 4 rings (SSSR count). The average molecular weight is 388 g/mol. The number of carbonyl (C=O) groups is 2. The first-order valence-corrected chi connectivity index (χ1v) is 10.4. The summed E-state index contributed by atoms with van der Waals surface area (Å²) in [5.74, 6) is -0.266. The van der Waals surface area contributed by atoms with Crippen molar-refractivity contribution in [2.75, 3.05) is 63.8 Å². The lowest BCUT2D eigenvalue weighted by Crippen LogP contribution is -2.50. The molecule has 0 bridgehead atoms. The quantitative estimate of drug-likeness (QED) is 0.780. The van der Waals surface area contributed by atoms with Crippen molar-refractivity contribution in [2.24, 2.45) is 11.8 Å². The van der Waals surface area contributed by atoms with Crippen molar-refractivity contribution in [2.45, 2.75) is 13.3 Å². The van der Waals surface area contributed by atoms with Crippen molar-refractivity contribution in [1.29, 1.82) is 0 Å². The van der Waals surface area contributed by atoms with E-state index in [0.717, 1.165) is 32.7 Å². The molecule has 3 aliphatic rings. The van der Waals surface area contributed by atoms with Crippen molar-refractivity contribution in [3.63, 3.8) is 0 Å². The second-order valence-corrected chi connectivity index (χ2v) is 7.97. The summed E-state index contributed by atoms with van der Waals surface area (Å²) in [6.45, 7) is 8.95. The summed E-state index contributed by atoms with van der Waals surface area (Å²) in [6.07, 6.45) is 0.680. The fourth-order valence-corrected chi connectivity index (χ4v) is 4.37. The van der Waals surface area contributed by atoms with Crippen LogP contribution in [0.4, 0.5) is 10.1 Å². The van der Waals surface area contributed by atoms with Gasteiger partial charge in [-0.05, 0) is 25.1 Å². The third kappa shape index (κ3) is 3.85.